The van der Waals surface area contributed by atoms with Gasteiger partial charge in [-0.3, -0.25) is 0 Å². The van der Waals surface area contributed by atoms with Crippen LogP contribution in [0.3, 0.4) is 0 Å². The standard InChI is InChI=1S/C6H10F4O/c1-3-4(2)11-6(9,10)5(7)8/h4-5H,3H2,1-2H3. The average Bonchev–Trinajstić information content (AvgIpc) is 1.86. The van der Waals surface area contributed by atoms with Gasteiger partial charge in [-0.15, -0.1) is 0 Å². The first-order valence-electron chi connectivity index (χ1n) is 3.24. The first kappa shape index (κ1) is 10.7. The number of ether oxygens (including phenoxy) is 1. The van der Waals surface area contributed by atoms with Gasteiger partial charge in [0, 0.05) is 0 Å². The summed E-state index contributed by atoms with van der Waals surface area (Å²) in [4.78, 5) is 0. The Kier molecular flexibility index (Phi) is 3.78. The van der Waals surface area contributed by atoms with Crippen LogP contribution in [-0.4, -0.2) is 18.6 Å². The van der Waals surface area contributed by atoms with Crippen molar-refractivity contribution in [3.8, 4) is 0 Å². The molecule has 0 rings (SSSR count). The monoisotopic (exact) mass is 174 g/mol. The van der Waals surface area contributed by atoms with Gasteiger partial charge in [-0.1, -0.05) is 6.92 Å². The number of hydrogen-bond donors (Lipinski definition) is 0. The molecule has 11 heavy (non-hydrogen) atoms. The normalized spacial score (nSPS) is 15.5. The molecule has 0 saturated carbocycles. The van der Waals surface area contributed by atoms with E-state index < -0.39 is 18.6 Å². The van der Waals surface area contributed by atoms with Crippen molar-refractivity contribution >= 4 is 0 Å². The first-order valence-corrected chi connectivity index (χ1v) is 3.24. The number of hydrogen-bond acceptors (Lipinski definition) is 1. The van der Waals surface area contributed by atoms with Crippen LogP contribution in [0.1, 0.15) is 20.3 Å². The molecule has 0 fully saturated rings. The quantitative estimate of drug-likeness (QED) is 0.595. The van der Waals surface area contributed by atoms with Gasteiger partial charge in [-0.25, -0.2) is 8.78 Å². The lowest BCUT2D eigenvalue weighted by Crippen LogP contribution is -2.33. The highest BCUT2D eigenvalue weighted by Gasteiger charge is 2.43. The second-order valence-electron chi connectivity index (χ2n) is 2.20. The van der Waals surface area contributed by atoms with Gasteiger partial charge < -0.3 is 4.74 Å². The summed E-state index contributed by atoms with van der Waals surface area (Å²) in [5.74, 6) is 0. The van der Waals surface area contributed by atoms with Gasteiger partial charge in [0.15, 0.2) is 0 Å². The van der Waals surface area contributed by atoms with Crippen LogP contribution in [0.5, 0.6) is 0 Å². The van der Waals surface area contributed by atoms with E-state index in [0.717, 1.165) is 0 Å². The second-order valence-corrected chi connectivity index (χ2v) is 2.20. The van der Waals surface area contributed by atoms with Crippen molar-refractivity contribution in [1.29, 1.82) is 0 Å². The lowest BCUT2D eigenvalue weighted by molar-refractivity contribution is -0.316. The lowest BCUT2D eigenvalue weighted by atomic mass is 10.3. The maximum absolute atomic E-state index is 12.0. The highest BCUT2D eigenvalue weighted by atomic mass is 19.3. The Morgan fingerprint density at radius 1 is 1.36 bits per heavy atom. The zero-order valence-corrected chi connectivity index (χ0v) is 6.28. The molecule has 0 aliphatic rings. The summed E-state index contributed by atoms with van der Waals surface area (Å²) in [5.41, 5.74) is 0. The second kappa shape index (κ2) is 3.90. The van der Waals surface area contributed by atoms with Gasteiger partial charge in [-0.2, -0.15) is 8.78 Å². The molecule has 0 saturated heterocycles. The highest BCUT2D eigenvalue weighted by Crippen LogP contribution is 2.26. The molecule has 0 aromatic carbocycles. The molecule has 0 aromatic rings. The summed E-state index contributed by atoms with van der Waals surface area (Å²) in [7, 11) is 0. The molecule has 0 aliphatic heterocycles. The molecule has 1 atom stereocenters. The van der Waals surface area contributed by atoms with Crippen LogP contribution < -0.4 is 0 Å². The highest BCUT2D eigenvalue weighted by molar-refractivity contribution is 4.58. The molecule has 5 heteroatoms. The molecule has 1 unspecified atom stereocenters. The van der Waals surface area contributed by atoms with Crippen LogP contribution in [0.25, 0.3) is 0 Å². The van der Waals surface area contributed by atoms with Crippen molar-refractivity contribution in [3.63, 3.8) is 0 Å². The molecule has 1 nitrogen and oxygen atoms in total. The molecule has 0 heterocycles. The fourth-order valence-electron chi connectivity index (χ4n) is 0.403. The summed E-state index contributed by atoms with van der Waals surface area (Å²) in [6, 6.07) is 0. The van der Waals surface area contributed by atoms with Crippen LogP contribution in [0, 0.1) is 0 Å². The Bertz CT molecular complexity index is 115. The van der Waals surface area contributed by atoms with Crippen molar-refractivity contribution in [3.05, 3.63) is 0 Å². The van der Waals surface area contributed by atoms with E-state index in [1.807, 2.05) is 0 Å². The van der Waals surface area contributed by atoms with Gasteiger partial charge >= 0.3 is 12.5 Å². The molecule has 0 N–H and O–H groups in total. The van der Waals surface area contributed by atoms with Crippen LogP contribution in [-0.2, 0) is 4.74 Å². The van der Waals surface area contributed by atoms with Gasteiger partial charge in [-0.05, 0) is 13.3 Å². The van der Waals surface area contributed by atoms with E-state index >= 15 is 0 Å². The summed E-state index contributed by atoms with van der Waals surface area (Å²) in [6.07, 6.45) is -8.63. The Balaban J connectivity index is 3.90. The predicted octanol–water partition coefficient (Wildman–Crippen LogP) is 2.66. The largest absolute Gasteiger partial charge is 0.416 e. The van der Waals surface area contributed by atoms with Crippen molar-refractivity contribution in [2.75, 3.05) is 0 Å². The average molecular weight is 174 g/mol. The molecular weight excluding hydrogens is 164 g/mol. The number of alkyl halides is 4. The first-order chi connectivity index (χ1) is 4.90. The minimum absolute atomic E-state index is 0.280. The molecule has 68 valence electrons. The van der Waals surface area contributed by atoms with Crippen molar-refractivity contribution < 1.29 is 22.3 Å². The number of rotatable bonds is 4. The van der Waals surface area contributed by atoms with E-state index in [-0.39, 0.29) is 6.42 Å². The Hall–Kier alpha value is -0.320. The molecule has 0 aromatic heterocycles. The SMILES string of the molecule is CCC(C)OC(F)(F)C(F)F. The van der Waals surface area contributed by atoms with Crippen LogP contribution in [0.2, 0.25) is 0 Å². The molecule has 0 aliphatic carbocycles. The smallest absolute Gasteiger partial charge is 0.313 e. The lowest BCUT2D eigenvalue weighted by Gasteiger charge is -2.19. The van der Waals surface area contributed by atoms with E-state index in [4.69, 9.17) is 0 Å². The van der Waals surface area contributed by atoms with E-state index in [2.05, 4.69) is 4.74 Å². The third-order valence-corrected chi connectivity index (χ3v) is 1.19. The van der Waals surface area contributed by atoms with Crippen LogP contribution in [0.15, 0.2) is 0 Å². The van der Waals surface area contributed by atoms with Gasteiger partial charge in [0.25, 0.3) is 0 Å². The van der Waals surface area contributed by atoms with Gasteiger partial charge in [0.05, 0.1) is 6.10 Å². The van der Waals surface area contributed by atoms with Gasteiger partial charge in [0.2, 0.25) is 0 Å². The van der Waals surface area contributed by atoms with Crippen LogP contribution >= 0.6 is 0 Å². The van der Waals surface area contributed by atoms with Crippen molar-refractivity contribution in [2.45, 2.75) is 38.9 Å². The molecule has 0 amide bonds. The maximum atomic E-state index is 12.0. The van der Waals surface area contributed by atoms with E-state index in [1.54, 1.807) is 6.92 Å². The fraction of sp³-hybridized carbons (Fsp3) is 1.00. The third-order valence-electron chi connectivity index (χ3n) is 1.19. The minimum atomic E-state index is -4.31. The van der Waals surface area contributed by atoms with Crippen molar-refractivity contribution in [2.24, 2.45) is 0 Å². The predicted molar refractivity (Wildman–Crippen MR) is 31.8 cm³/mol. The van der Waals surface area contributed by atoms with E-state index in [9.17, 15) is 17.6 Å². The van der Waals surface area contributed by atoms with E-state index in [0.29, 0.717) is 0 Å². The fourth-order valence-corrected chi connectivity index (χ4v) is 0.403. The third kappa shape index (κ3) is 3.55. The maximum Gasteiger partial charge on any atom is 0.416 e. The summed E-state index contributed by atoms with van der Waals surface area (Å²) < 4.78 is 50.7. The molecular formula is C6H10F4O. The summed E-state index contributed by atoms with van der Waals surface area (Å²) in [6.45, 7) is 2.89. The Morgan fingerprint density at radius 2 is 1.82 bits per heavy atom. The van der Waals surface area contributed by atoms with Gasteiger partial charge in [0.1, 0.15) is 0 Å². The minimum Gasteiger partial charge on any atom is -0.313 e. The molecule has 0 bridgehead atoms. The topological polar surface area (TPSA) is 9.23 Å². The Morgan fingerprint density at radius 3 is 2.09 bits per heavy atom. The van der Waals surface area contributed by atoms with Crippen LogP contribution in [0.4, 0.5) is 17.6 Å². The number of halogens is 4. The summed E-state index contributed by atoms with van der Waals surface area (Å²) >= 11 is 0. The summed E-state index contributed by atoms with van der Waals surface area (Å²) in [5, 5.41) is 0. The molecule has 0 radical (unpaired) electrons. The van der Waals surface area contributed by atoms with E-state index in [1.165, 1.54) is 6.92 Å². The Labute approximate surface area is 62.3 Å². The molecule has 0 spiro atoms. The zero-order chi connectivity index (χ0) is 9.07. The zero-order valence-electron chi connectivity index (χ0n) is 6.28. The van der Waals surface area contributed by atoms with Crippen molar-refractivity contribution in [1.82, 2.24) is 0 Å².